The van der Waals surface area contributed by atoms with Crippen molar-refractivity contribution in [3.63, 3.8) is 0 Å². The van der Waals surface area contributed by atoms with E-state index in [9.17, 15) is 4.79 Å². The van der Waals surface area contributed by atoms with Crippen LogP contribution in [-0.4, -0.2) is 61.3 Å². The summed E-state index contributed by atoms with van der Waals surface area (Å²) in [6, 6.07) is 3.95. The second-order valence-electron chi connectivity index (χ2n) is 9.78. The molecule has 0 spiro atoms. The van der Waals surface area contributed by atoms with Gasteiger partial charge < -0.3 is 23.8 Å². The summed E-state index contributed by atoms with van der Waals surface area (Å²) in [7, 11) is 3.26. The van der Waals surface area contributed by atoms with E-state index >= 15 is 0 Å². The molecular formula is C27H35N3O4S. The molecule has 0 aliphatic carbocycles. The van der Waals surface area contributed by atoms with Gasteiger partial charge in [0.05, 0.1) is 26.5 Å². The summed E-state index contributed by atoms with van der Waals surface area (Å²) in [6.45, 7) is 8.92. The molecule has 2 aromatic heterocycles. The lowest BCUT2D eigenvalue weighted by molar-refractivity contribution is -0.129. The number of aryl methyl sites for hydroxylation is 1. The fraction of sp³-hybridized carbons (Fsp3) is 0.556. The molecule has 0 radical (unpaired) electrons. The number of rotatable bonds is 7. The first-order valence-electron chi connectivity index (χ1n) is 12.6. The van der Waals surface area contributed by atoms with Gasteiger partial charge in [-0.2, -0.15) is 0 Å². The van der Waals surface area contributed by atoms with Crippen LogP contribution in [0.4, 0.5) is 0 Å². The van der Waals surface area contributed by atoms with Crippen molar-refractivity contribution in [3.8, 4) is 11.5 Å². The van der Waals surface area contributed by atoms with Crippen molar-refractivity contribution in [1.82, 2.24) is 15.0 Å². The van der Waals surface area contributed by atoms with Gasteiger partial charge in [-0.15, -0.1) is 11.3 Å². The first-order valence-corrected chi connectivity index (χ1v) is 13.4. The number of benzene rings is 1. The smallest absolute Gasteiger partial charge is 0.219 e. The van der Waals surface area contributed by atoms with E-state index in [2.05, 4.69) is 17.0 Å². The maximum absolute atomic E-state index is 11.8. The Balaban J connectivity index is 1.16. The number of thiophene rings is 1. The molecule has 1 saturated heterocycles. The van der Waals surface area contributed by atoms with Crippen LogP contribution in [0.1, 0.15) is 46.3 Å². The number of hydrogen-bond acceptors (Lipinski definition) is 7. The van der Waals surface area contributed by atoms with Crippen LogP contribution < -0.4 is 9.47 Å². The van der Waals surface area contributed by atoms with Gasteiger partial charge in [-0.3, -0.25) is 4.79 Å². The van der Waals surface area contributed by atoms with E-state index in [-0.39, 0.29) is 5.91 Å². The van der Waals surface area contributed by atoms with Gasteiger partial charge in [0, 0.05) is 35.2 Å². The lowest BCUT2D eigenvalue weighted by Gasteiger charge is -2.32. The van der Waals surface area contributed by atoms with Crippen LogP contribution in [0, 0.1) is 12.8 Å². The van der Waals surface area contributed by atoms with E-state index in [0.717, 1.165) is 63.1 Å². The molecule has 0 saturated carbocycles. The predicted molar refractivity (Wildman–Crippen MR) is 138 cm³/mol. The number of hydrogen-bond donors (Lipinski definition) is 0. The Hall–Kier alpha value is -2.58. The second-order valence-corrected chi connectivity index (χ2v) is 11.1. The van der Waals surface area contributed by atoms with Gasteiger partial charge in [-0.05, 0) is 81.3 Å². The molecule has 2 aliphatic rings. The third-order valence-electron chi connectivity index (χ3n) is 7.74. The molecule has 1 amide bonds. The van der Waals surface area contributed by atoms with Crippen molar-refractivity contribution in [1.29, 1.82) is 0 Å². The summed E-state index contributed by atoms with van der Waals surface area (Å²) >= 11 is 1.89. The van der Waals surface area contributed by atoms with Crippen LogP contribution >= 0.6 is 11.3 Å². The molecule has 1 aromatic carbocycles. The zero-order valence-corrected chi connectivity index (χ0v) is 22.0. The molecular weight excluding hydrogens is 462 g/mol. The van der Waals surface area contributed by atoms with Crippen molar-refractivity contribution in [2.75, 3.05) is 40.4 Å². The van der Waals surface area contributed by atoms with Crippen LogP contribution in [0.3, 0.4) is 0 Å². The van der Waals surface area contributed by atoms with E-state index < -0.39 is 0 Å². The Labute approximate surface area is 211 Å². The number of likely N-dealkylation sites (tertiary alicyclic amines) is 1. The second kappa shape index (κ2) is 10.2. The molecule has 1 fully saturated rings. The Bertz CT molecular complexity index is 1210. The third-order valence-corrected chi connectivity index (χ3v) is 8.91. The minimum atomic E-state index is 0.184. The summed E-state index contributed by atoms with van der Waals surface area (Å²) in [5, 5.41) is 5.40. The van der Waals surface area contributed by atoms with Crippen molar-refractivity contribution in [2.24, 2.45) is 5.92 Å². The molecule has 8 heteroatoms. The maximum atomic E-state index is 11.8. The number of nitrogens with zero attached hydrogens (tertiary/aromatic N) is 3. The number of aromatic nitrogens is 1. The standard InChI is InChI=1S/C27H35N3O4S/c1-17-20(21-10-14-30(18(2)31)16-25(21)35-17)9-13-29-11-7-19(8-12-29)15-23-22-5-6-24(32-3)27(33-4)26(22)34-28-23/h5-6,19H,7-16H2,1-4H3. The lowest BCUT2D eigenvalue weighted by atomic mass is 9.91. The summed E-state index contributed by atoms with van der Waals surface area (Å²) < 4.78 is 16.5. The number of methoxy groups -OCH3 is 2. The molecule has 3 aromatic rings. The highest BCUT2D eigenvalue weighted by molar-refractivity contribution is 7.12. The Kier molecular flexibility index (Phi) is 7.02. The summed E-state index contributed by atoms with van der Waals surface area (Å²) in [4.78, 5) is 19.2. The maximum Gasteiger partial charge on any atom is 0.219 e. The van der Waals surface area contributed by atoms with Gasteiger partial charge in [0.2, 0.25) is 17.2 Å². The summed E-state index contributed by atoms with van der Waals surface area (Å²) in [6.07, 6.45) is 5.39. The minimum Gasteiger partial charge on any atom is -0.493 e. The zero-order valence-electron chi connectivity index (χ0n) is 21.2. The van der Waals surface area contributed by atoms with Gasteiger partial charge in [0.25, 0.3) is 0 Å². The largest absolute Gasteiger partial charge is 0.493 e. The number of ether oxygens (including phenoxy) is 2. The average Bonchev–Trinajstić information content (AvgIpc) is 3.42. The molecule has 188 valence electrons. The Morgan fingerprint density at radius 1 is 1.20 bits per heavy atom. The molecule has 0 unspecified atom stereocenters. The highest BCUT2D eigenvalue weighted by Gasteiger charge is 2.26. The highest BCUT2D eigenvalue weighted by atomic mass is 32.1. The Morgan fingerprint density at radius 2 is 2.00 bits per heavy atom. The Morgan fingerprint density at radius 3 is 2.71 bits per heavy atom. The topological polar surface area (TPSA) is 68.0 Å². The summed E-state index contributed by atoms with van der Waals surface area (Å²) in [5.41, 5.74) is 4.73. The highest BCUT2D eigenvalue weighted by Crippen LogP contribution is 2.38. The lowest BCUT2D eigenvalue weighted by Crippen LogP contribution is -2.36. The first kappa shape index (κ1) is 24.1. The SMILES string of the molecule is COc1ccc2c(CC3CCN(CCc4c(C)sc5c4CCN(C(C)=O)C5)CC3)noc2c1OC. The predicted octanol–water partition coefficient (Wildman–Crippen LogP) is 4.62. The van der Waals surface area contributed by atoms with Crippen molar-refractivity contribution >= 4 is 28.2 Å². The fourth-order valence-corrected chi connectivity index (χ4v) is 6.96. The van der Waals surface area contributed by atoms with Gasteiger partial charge in [0.1, 0.15) is 0 Å². The summed E-state index contributed by atoms with van der Waals surface area (Å²) in [5.74, 6) is 2.07. The number of carbonyl (C=O) groups is 1. The molecule has 0 atom stereocenters. The van der Waals surface area contributed by atoms with Crippen molar-refractivity contribution in [2.45, 2.75) is 52.5 Å². The van der Waals surface area contributed by atoms with E-state index in [4.69, 9.17) is 14.0 Å². The van der Waals surface area contributed by atoms with Crippen molar-refractivity contribution < 1.29 is 18.8 Å². The molecule has 35 heavy (non-hydrogen) atoms. The minimum absolute atomic E-state index is 0.184. The van der Waals surface area contributed by atoms with Crippen LogP contribution in [0.25, 0.3) is 11.0 Å². The normalized spacial score (nSPS) is 17.1. The van der Waals surface area contributed by atoms with Crippen LogP contribution in [0.15, 0.2) is 16.7 Å². The number of amides is 1. The molecule has 5 rings (SSSR count). The van der Waals surface area contributed by atoms with E-state index in [1.807, 2.05) is 28.4 Å². The number of carbonyl (C=O) groups excluding carboxylic acids is 1. The monoisotopic (exact) mass is 497 g/mol. The van der Waals surface area contributed by atoms with Gasteiger partial charge in [-0.1, -0.05) is 5.16 Å². The third kappa shape index (κ3) is 4.78. The first-order chi connectivity index (χ1) is 17.0. The molecule has 4 heterocycles. The molecule has 0 N–H and O–H groups in total. The van der Waals surface area contributed by atoms with E-state index in [1.54, 1.807) is 21.1 Å². The molecule has 2 aliphatic heterocycles. The van der Waals surface area contributed by atoms with E-state index in [1.165, 1.54) is 33.7 Å². The zero-order chi connectivity index (χ0) is 24.5. The van der Waals surface area contributed by atoms with E-state index in [0.29, 0.717) is 23.0 Å². The number of piperidine rings is 1. The van der Waals surface area contributed by atoms with Crippen LogP contribution in [-0.2, 0) is 30.6 Å². The number of fused-ring (bicyclic) bond motifs is 2. The van der Waals surface area contributed by atoms with Gasteiger partial charge >= 0.3 is 0 Å². The fourth-order valence-electron chi connectivity index (χ4n) is 5.67. The molecule has 7 nitrogen and oxygen atoms in total. The van der Waals surface area contributed by atoms with Crippen LogP contribution in [0.2, 0.25) is 0 Å². The van der Waals surface area contributed by atoms with Gasteiger partial charge in [-0.25, -0.2) is 0 Å². The molecule has 0 bridgehead atoms. The average molecular weight is 498 g/mol. The van der Waals surface area contributed by atoms with Gasteiger partial charge in [0.15, 0.2) is 5.75 Å². The quantitative estimate of drug-likeness (QED) is 0.475. The van der Waals surface area contributed by atoms with Crippen molar-refractivity contribution in [3.05, 3.63) is 38.7 Å². The van der Waals surface area contributed by atoms with Crippen LogP contribution in [0.5, 0.6) is 11.5 Å².